The number of piperazine rings is 1. The number of halogens is 2. The summed E-state index contributed by atoms with van der Waals surface area (Å²) in [6.07, 6.45) is 0.875. The highest BCUT2D eigenvalue weighted by Gasteiger charge is 2.35. The standard InChI is InChI=1S/C37H45ClFN5O3/c1-4-42(36(46)25(2)3)24-34(30-11-7-8-12-31(30)39)43-17-19-44(20-18-43)37(47)33(21-26-13-15-29(38)16-14-26)41-35(45)32-22-27-9-5-6-10-28(27)23-40-32/h5-16,25,32-34,40H,4,17-24H2,1-3H3,(H,41,45). The van der Waals surface area contributed by atoms with Crippen molar-refractivity contribution < 1.29 is 18.8 Å². The van der Waals surface area contributed by atoms with E-state index < -0.39 is 12.1 Å². The van der Waals surface area contributed by atoms with E-state index in [-0.39, 0.29) is 35.5 Å². The smallest absolute Gasteiger partial charge is 0.245 e. The van der Waals surface area contributed by atoms with Crippen LogP contribution in [0.3, 0.4) is 0 Å². The molecule has 2 heterocycles. The van der Waals surface area contributed by atoms with Gasteiger partial charge in [0.2, 0.25) is 17.7 Å². The first-order valence-electron chi connectivity index (χ1n) is 16.6. The number of fused-ring (bicyclic) bond motifs is 1. The van der Waals surface area contributed by atoms with Crippen molar-refractivity contribution in [3.63, 3.8) is 0 Å². The Labute approximate surface area is 282 Å². The highest BCUT2D eigenvalue weighted by molar-refractivity contribution is 6.30. The van der Waals surface area contributed by atoms with Crippen LogP contribution in [0.1, 0.15) is 49.1 Å². The van der Waals surface area contributed by atoms with Crippen molar-refractivity contribution in [3.05, 3.63) is 106 Å². The summed E-state index contributed by atoms with van der Waals surface area (Å²) < 4.78 is 15.2. The summed E-state index contributed by atoms with van der Waals surface area (Å²) in [6, 6.07) is 20.5. The van der Waals surface area contributed by atoms with Gasteiger partial charge in [-0.1, -0.05) is 80.0 Å². The molecule has 2 N–H and O–H groups in total. The van der Waals surface area contributed by atoms with Crippen molar-refractivity contribution >= 4 is 29.3 Å². The van der Waals surface area contributed by atoms with Crippen molar-refractivity contribution in [2.75, 3.05) is 39.3 Å². The number of hydrogen-bond acceptors (Lipinski definition) is 5. The molecule has 3 unspecified atom stereocenters. The lowest BCUT2D eigenvalue weighted by Crippen LogP contribution is -2.59. The van der Waals surface area contributed by atoms with Gasteiger partial charge >= 0.3 is 0 Å². The maximum atomic E-state index is 15.2. The summed E-state index contributed by atoms with van der Waals surface area (Å²) in [5, 5.41) is 6.99. The first-order chi connectivity index (χ1) is 22.6. The fourth-order valence-corrected chi connectivity index (χ4v) is 6.67. The van der Waals surface area contributed by atoms with Gasteiger partial charge in [0.05, 0.1) is 12.1 Å². The molecule has 10 heteroatoms. The second-order valence-electron chi connectivity index (χ2n) is 12.7. The molecular formula is C37H45ClFN5O3. The number of likely N-dealkylation sites (N-methyl/N-ethyl adjacent to an activating group) is 1. The Morgan fingerprint density at radius 3 is 2.28 bits per heavy atom. The van der Waals surface area contributed by atoms with E-state index >= 15 is 4.39 Å². The Balaban J connectivity index is 1.30. The van der Waals surface area contributed by atoms with E-state index in [1.165, 1.54) is 11.6 Å². The monoisotopic (exact) mass is 661 g/mol. The minimum Gasteiger partial charge on any atom is -0.343 e. The molecule has 0 saturated carbocycles. The minimum absolute atomic E-state index is 0.0272. The lowest BCUT2D eigenvalue weighted by Gasteiger charge is -2.42. The fraction of sp³-hybridized carbons (Fsp3) is 0.432. The van der Waals surface area contributed by atoms with Gasteiger partial charge < -0.3 is 20.4 Å². The Morgan fingerprint density at radius 1 is 0.957 bits per heavy atom. The Bertz CT molecular complexity index is 1540. The van der Waals surface area contributed by atoms with Crippen LogP contribution >= 0.6 is 11.6 Å². The third-order valence-corrected chi connectivity index (χ3v) is 9.53. The van der Waals surface area contributed by atoms with Gasteiger partial charge in [0.1, 0.15) is 11.9 Å². The van der Waals surface area contributed by atoms with E-state index in [0.717, 1.165) is 11.1 Å². The summed E-state index contributed by atoms with van der Waals surface area (Å²) in [6.45, 7) is 8.97. The molecule has 1 saturated heterocycles. The number of amides is 3. The molecule has 0 bridgehead atoms. The van der Waals surface area contributed by atoms with Crippen molar-refractivity contribution in [2.45, 2.75) is 58.3 Å². The predicted octanol–water partition coefficient (Wildman–Crippen LogP) is 4.61. The largest absolute Gasteiger partial charge is 0.343 e. The van der Waals surface area contributed by atoms with Gasteiger partial charge in [-0.3, -0.25) is 19.3 Å². The van der Waals surface area contributed by atoms with Crippen LogP contribution in [-0.4, -0.2) is 83.8 Å². The van der Waals surface area contributed by atoms with Gasteiger partial charge in [0.25, 0.3) is 0 Å². The number of nitrogens with one attached hydrogen (secondary N) is 2. The van der Waals surface area contributed by atoms with E-state index in [0.29, 0.717) is 69.2 Å². The zero-order valence-corrected chi connectivity index (χ0v) is 28.2. The normalized spacial score (nSPS) is 17.9. The molecule has 3 aromatic carbocycles. The zero-order valence-electron chi connectivity index (χ0n) is 27.4. The van der Waals surface area contributed by atoms with Gasteiger partial charge in [-0.25, -0.2) is 4.39 Å². The fourth-order valence-electron chi connectivity index (χ4n) is 6.55. The Hall–Kier alpha value is -3.79. The predicted molar refractivity (Wildman–Crippen MR) is 182 cm³/mol. The number of carbonyl (C=O) groups excluding carboxylic acids is 3. The van der Waals surface area contributed by atoms with E-state index in [1.807, 2.05) is 57.2 Å². The average molecular weight is 662 g/mol. The van der Waals surface area contributed by atoms with E-state index in [4.69, 9.17) is 11.6 Å². The third kappa shape index (κ3) is 8.58. The lowest BCUT2D eigenvalue weighted by atomic mass is 9.95. The third-order valence-electron chi connectivity index (χ3n) is 9.28. The molecule has 0 aromatic heterocycles. The first-order valence-corrected chi connectivity index (χ1v) is 16.9. The van der Waals surface area contributed by atoms with Crippen molar-refractivity contribution in [1.29, 1.82) is 0 Å². The summed E-state index contributed by atoms with van der Waals surface area (Å²) in [4.78, 5) is 46.4. The van der Waals surface area contributed by atoms with Crippen LogP contribution in [0.2, 0.25) is 5.02 Å². The molecule has 0 spiro atoms. The highest BCUT2D eigenvalue weighted by atomic mass is 35.5. The number of nitrogens with zero attached hydrogens (tertiary/aromatic N) is 3. The molecule has 5 rings (SSSR count). The lowest BCUT2D eigenvalue weighted by molar-refractivity contribution is -0.139. The van der Waals surface area contributed by atoms with Crippen LogP contribution in [0.4, 0.5) is 4.39 Å². The van der Waals surface area contributed by atoms with Crippen LogP contribution < -0.4 is 10.6 Å². The summed E-state index contributed by atoms with van der Waals surface area (Å²) in [5.74, 6) is -0.818. The summed E-state index contributed by atoms with van der Waals surface area (Å²) in [5.41, 5.74) is 3.73. The van der Waals surface area contributed by atoms with E-state index in [1.54, 1.807) is 34.1 Å². The van der Waals surface area contributed by atoms with Crippen LogP contribution in [0, 0.1) is 11.7 Å². The van der Waals surface area contributed by atoms with Gasteiger partial charge in [-0.05, 0) is 48.2 Å². The summed E-state index contributed by atoms with van der Waals surface area (Å²) in [7, 11) is 0. The Morgan fingerprint density at radius 2 is 1.62 bits per heavy atom. The van der Waals surface area contributed by atoms with Crippen LogP contribution in [0.5, 0.6) is 0 Å². The summed E-state index contributed by atoms with van der Waals surface area (Å²) >= 11 is 6.12. The molecule has 2 aliphatic rings. The van der Waals surface area contributed by atoms with Gasteiger partial charge in [-0.15, -0.1) is 0 Å². The molecule has 3 amide bonds. The van der Waals surface area contributed by atoms with Gasteiger partial charge in [0, 0.05) is 68.7 Å². The minimum atomic E-state index is -0.768. The van der Waals surface area contributed by atoms with Crippen LogP contribution in [-0.2, 0) is 33.8 Å². The van der Waals surface area contributed by atoms with Crippen LogP contribution in [0.15, 0.2) is 72.8 Å². The molecule has 250 valence electrons. The van der Waals surface area contributed by atoms with Crippen molar-refractivity contribution in [3.8, 4) is 0 Å². The average Bonchev–Trinajstić information content (AvgIpc) is 3.09. The SMILES string of the molecule is CCN(CC(c1ccccc1F)N1CCN(C(=O)C(Cc2ccc(Cl)cc2)NC(=O)C2Cc3ccccc3CN2)CC1)C(=O)C(C)C. The topological polar surface area (TPSA) is 85.0 Å². The number of carbonyl (C=O) groups is 3. The van der Waals surface area contributed by atoms with Gasteiger partial charge in [0.15, 0.2) is 0 Å². The van der Waals surface area contributed by atoms with E-state index in [9.17, 15) is 14.4 Å². The quantitative estimate of drug-likeness (QED) is 0.314. The second-order valence-corrected chi connectivity index (χ2v) is 13.2. The van der Waals surface area contributed by atoms with E-state index in [2.05, 4.69) is 21.6 Å². The zero-order chi connectivity index (χ0) is 33.5. The molecule has 3 aromatic rings. The van der Waals surface area contributed by atoms with Crippen molar-refractivity contribution in [1.82, 2.24) is 25.3 Å². The number of hydrogen-bond donors (Lipinski definition) is 2. The maximum Gasteiger partial charge on any atom is 0.245 e. The first kappa shape index (κ1) is 34.5. The molecule has 3 atom stereocenters. The van der Waals surface area contributed by atoms with Crippen LogP contribution in [0.25, 0.3) is 0 Å². The molecule has 1 fully saturated rings. The molecule has 0 aliphatic carbocycles. The van der Waals surface area contributed by atoms with Crippen molar-refractivity contribution in [2.24, 2.45) is 5.92 Å². The second kappa shape index (κ2) is 15.9. The molecule has 2 aliphatic heterocycles. The molecule has 8 nitrogen and oxygen atoms in total. The molecule has 47 heavy (non-hydrogen) atoms. The molecule has 0 radical (unpaired) electrons. The number of benzene rings is 3. The maximum absolute atomic E-state index is 15.2. The number of rotatable bonds is 11. The van der Waals surface area contributed by atoms with Gasteiger partial charge in [-0.2, -0.15) is 0 Å². The molecular weight excluding hydrogens is 617 g/mol. The Kier molecular flexibility index (Phi) is 11.7. The highest BCUT2D eigenvalue weighted by Crippen LogP contribution is 2.27.